The van der Waals surface area contributed by atoms with Crippen LogP contribution in [0.2, 0.25) is 0 Å². The molecule has 2 N–H and O–H groups in total. The van der Waals surface area contributed by atoms with Crippen molar-refractivity contribution in [1.82, 2.24) is 5.32 Å². The molecule has 1 aromatic carbocycles. The molecule has 2 atom stereocenters. The topological polar surface area (TPSA) is 32.3 Å². The fourth-order valence-electron chi connectivity index (χ4n) is 2.32. The molecule has 1 aliphatic rings. The molecule has 2 rings (SSSR count). The van der Waals surface area contributed by atoms with E-state index in [1.165, 1.54) is 6.07 Å². The fourth-order valence-corrected chi connectivity index (χ4v) is 2.32. The van der Waals surface area contributed by atoms with Crippen LogP contribution in [-0.4, -0.2) is 17.8 Å². The number of rotatable bonds is 6. The molecule has 0 bridgehead atoms. The number of aliphatic hydroxyl groups is 1. The SMILES string of the molecule is CC(C)[C@@H](CO)NC(c1ccccc1F)C1CC1. The van der Waals surface area contributed by atoms with E-state index in [1.54, 1.807) is 6.07 Å². The lowest BCUT2D eigenvalue weighted by Gasteiger charge is -2.27. The lowest BCUT2D eigenvalue weighted by atomic mass is 9.97. The Labute approximate surface area is 108 Å². The molecule has 0 radical (unpaired) electrons. The van der Waals surface area contributed by atoms with Crippen LogP contribution in [0.1, 0.15) is 38.3 Å². The molecular weight excluding hydrogens is 229 g/mol. The van der Waals surface area contributed by atoms with Gasteiger partial charge in [0.05, 0.1) is 6.61 Å². The molecule has 1 fully saturated rings. The summed E-state index contributed by atoms with van der Waals surface area (Å²) in [7, 11) is 0. The zero-order valence-corrected chi connectivity index (χ0v) is 11.1. The molecule has 0 saturated heterocycles. The summed E-state index contributed by atoms with van der Waals surface area (Å²) in [6.45, 7) is 4.23. The first-order valence-corrected chi connectivity index (χ1v) is 6.74. The summed E-state index contributed by atoms with van der Waals surface area (Å²) in [5, 5.41) is 12.8. The molecule has 1 saturated carbocycles. The summed E-state index contributed by atoms with van der Waals surface area (Å²) >= 11 is 0. The Kier molecular flexibility index (Phi) is 4.36. The van der Waals surface area contributed by atoms with Crippen LogP contribution >= 0.6 is 0 Å². The number of aliphatic hydroxyl groups excluding tert-OH is 1. The maximum absolute atomic E-state index is 13.9. The minimum absolute atomic E-state index is 0.0233. The molecule has 100 valence electrons. The smallest absolute Gasteiger partial charge is 0.127 e. The van der Waals surface area contributed by atoms with E-state index >= 15 is 0 Å². The molecular formula is C15H22FNO. The summed E-state index contributed by atoms with van der Waals surface area (Å²) in [5.41, 5.74) is 0.735. The van der Waals surface area contributed by atoms with E-state index in [1.807, 2.05) is 12.1 Å². The van der Waals surface area contributed by atoms with E-state index in [0.717, 1.165) is 18.4 Å². The Hall–Kier alpha value is -0.930. The molecule has 0 spiro atoms. The number of hydrogen-bond donors (Lipinski definition) is 2. The molecule has 1 unspecified atom stereocenters. The van der Waals surface area contributed by atoms with E-state index in [9.17, 15) is 9.50 Å². The molecule has 0 amide bonds. The van der Waals surface area contributed by atoms with Gasteiger partial charge in [-0.05, 0) is 30.7 Å². The van der Waals surface area contributed by atoms with E-state index < -0.39 is 0 Å². The number of nitrogens with one attached hydrogen (secondary N) is 1. The van der Waals surface area contributed by atoms with Crippen molar-refractivity contribution in [3.63, 3.8) is 0 Å². The van der Waals surface area contributed by atoms with Crippen molar-refractivity contribution >= 4 is 0 Å². The van der Waals surface area contributed by atoms with Crippen LogP contribution in [0.4, 0.5) is 4.39 Å². The van der Waals surface area contributed by atoms with E-state index in [-0.39, 0.29) is 24.5 Å². The van der Waals surface area contributed by atoms with E-state index in [0.29, 0.717) is 11.8 Å². The summed E-state index contributed by atoms with van der Waals surface area (Å²) in [6, 6.07) is 7.00. The predicted octanol–water partition coefficient (Wildman–Crippen LogP) is 2.88. The monoisotopic (exact) mass is 251 g/mol. The Morgan fingerprint density at radius 3 is 2.50 bits per heavy atom. The Balaban J connectivity index is 2.16. The minimum atomic E-state index is -0.151. The van der Waals surface area contributed by atoms with Gasteiger partial charge in [0.25, 0.3) is 0 Å². The van der Waals surface area contributed by atoms with Gasteiger partial charge in [-0.1, -0.05) is 32.0 Å². The first-order chi connectivity index (χ1) is 8.63. The van der Waals surface area contributed by atoms with Gasteiger partial charge in [0.1, 0.15) is 5.82 Å². The van der Waals surface area contributed by atoms with Crippen molar-refractivity contribution in [1.29, 1.82) is 0 Å². The first kappa shape index (κ1) is 13.5. The molecule has 0 heterocycles. The normalized spacial score (nSPS) is 18.9. The van der Waals surface area contributed by atoms with Gasteiger partial charge in [-0.25, -0.2) is 4.39 Å². The highest BCUT2D eigenvalue weighted by Crippen LogP contribution is 2.42. The third kappa shape index (κ3) is 3.09. The highest BCUT2D eigenvalue weighted by Gasteiger charge is 2.35. The molecule has 1 aliphatic carbocycles. The summed E-state index contributed by atoms with van der Waals surface area (Å²) in [5.74, 6) is 0.695. The third-order valence-corrected chi connectivity index (χ3v) is 3.73. The van der Waals surface area contributed by atoms with Gasteiger partial charge in [0, 0.05) is 17.6 Å². The molecule has 0 aliphatic heterocycles. The van der Waals surface area contributed by atoms with Gasteiger partial charge in [-0.2, -0.15) is 0 Å². The maximum Gasteiger partial charge on any atom is 0.127 e. The molecule has 18 heavy (non-hydrogen) atoms. The molecule has 0 aromatic heterocycles. The number of halogens is 1. The van der Waals surface area contributed by atoms with Gasteiger partial charge < -0.3 is 10.4 Å². The van der Waals surface area contributed by atoms with Crippen molar-refractivity contribution in [2.75, 3.05) is 6.61 Å². The number of benzene rings is 1. The van der Waals surface area contributed by atoms with Crippen LogP contribution in [0.25, 0.3) is 0 Å². The minimum Gasteiger partial charge on any atom is -0.395 e. The quantitative estimate of drug-likeness (QED) is 0.815. The second-order valence-corrected chi connectivity index (χ2v) is 5.54. The molecule has 1 aromatic rings. The van der Waals surface area contributed by atoms with Crippen molar-refractivity contribution < 1.29 is 9.50 Å². The lowest BCUT2D eigenvalue weighted by Crippen LogP contribution is -2.40. The van der Waals surface area contributed by atoms with Gasteiger partial charge in [-0.15, -0.1) is 0 Å². The largest absolute Gasteiger partial charge is 0.395 e. The zero-order chi connectivity index (χ0) is 13.1. The average molecular weight is 251 g/mol. The molecule has 2 nitrogen and oxygen atoms in total. The Morgan fingerprint density at radius 2 is 2.00 bits per heavy atom. The van der Waals surface area contributed by atoms with E-state index in [4.69, 9.17) is 0 Å². The van der Waals surface area contributed by atoms with Gasteiger partial charge in [0.2, 0.25) is 0 Å². The van der Waals surface area contributed by atoms with Crippen molar-refractivity contribution in [3.05, 3.63) is 35.6 Å². The lowest BCUT2D eigenvalue weighted by molar-refractivity contribution is 0.193. The van der Waals surface area contributed by atoms with Crippen LogP contribution in [0.3, 0.4) is 0 Å². The van der Waals surface area contributed by atoms with Gasteiger partial charge in [0.15, 0.2) is 0 Å². The Morgan fingerprint density at radius 1 is 1.33 bits per heavy atom. The van der Waals surface area contributed by atoms with Crippen LogP contribution in [0.5, 0.6) is 0 Å². The second kappa shape index (κ2) is 5.81. The highest BCUT2D eigenvalue weighted by atomic mass is 19.1. The molecule has 3 heteroatoms. The van der Waals surface area contributed by atoms with Crippen molar-refractivity contribution in [3.8, 4) is 0 Å². The van der Waals surface area contributed by atoms with Crippen LogP contribution < -0.4 is 5.32 Å². The van der Waals surface area contributed by atoms with Gasteiger partial charge >= 0.3 is 0 Å². The number of hydrogen-bond acceptors (Lipinski definition) is 2. The third-order valence-electron chi connectivity index (χ3n) is 3.73. The van der Waals surface area contributed by atoms with Crippen LogP contribution in [-0.2, 0) is 0 Å². The van der Waals surface area contributed by atoms with Gasteiger partial charge in [-0.3, -0.25) is 0 Å². The fraction of sp³-hybridized carbons (Fsp3) is 0.600. The summed E-state index contributed by atoms with van der Waals surface area (Å²) in [6.07, 6.45) is 2.28. The first-order valence-electron chi connectivity index (χ1n) is 6.74. The summed E-state index contributed by atoms with van der Waals surface area (Å²) in [4.78, 5) is 0. The van der Waals surface area contributed by atoms with Crippen molar-refractivity contribution in [2.24, 2.45) is 11.8 Å². The van der Waals surface area contributed by atoms with Crippen molar-refractivity contribution in [2.45, 2.75) is 38.8 Å². The Bertz CT molecular complexity index is 390. The maximum atomic E-state index is 13.9. The summed E-state index contributed by atoms with van der Waals surface area (Å²) < 4.78 is 13.9. The second-order valence-electron chi connectivity index (χ2n) is 5.54. The average Bonchev–Trinajstić information content (AvgIpc) is 3.16. The standard InChI is InChI=1S/C15H22FNO/c1-10(2)14(9-18)17-15(11-7-8-11)12-5-3-4-6-13(12)16/h3-6,10-11,14-15,17-18H,7-9H2,1-2H3/t14-,15?/m1/s1. The highest BCUT2D eigenvalue weighted by molar-refractivity contribution is 5.23. The van der Waals surface area contributed by atoms with Crippen LogP contribution in [0.15, 0.2) is 24.3 Å². The van der Waals surface area contributed by atoms with E-state index in [2.05, 4.69) is 19.2 Å². The van der Waals surface area contributed by atoms with Crippen LogP contribution in [0, 0.1) is 17.7 Å². The predicted molar refractivity (Wildman–Crippen MR) is 70.7 cm³/mol. The zero-order valence-electron chi connectivity index (χ0n) is 11.1.